The van der Waals surface area contributed by atoms with Crippen LogP contribution in [0.3, 0.4) is 0 Å². The SMILES string of the molecule is CCCCCCCCCCCCCCCCOS(=O)(=O)OC(C)O. The summed E-state index contributed by atoms with van der Waals surface area (Å²) in [7, 11) is -4.05. The van der Waals surface area contributed by atoms with Crippen molar-refractivity contribution in [1.82, 2.24) is 0 Å². The van der Waals surface area contributed by atoms with Gasteiger partial charge < -0.3 is 5.11 Å². The van der Waals surface area contributed by atoms with Crippen LogP contribution in [0.25, 0.3) is 0 Å². The Hall–Kier alpha value is -0.170. The Morgan fingerprint density at radius 3 is 1.50 bits per heavy atom. The second kappa shape index (κ2) is 16.3. The summed E-state index contributed by atoms with van der Waals surface area (Å²) in [6, 6.07) is 0. The van der Waals surface area contributed by atoms with E-state index in [-0.39, 0.29) is 6.61 Å². The molecule has 1 unspecified atom stereocenters. The summed E-state index contributed by atoms with van der Waals surface area (Å²) in [6.07, 6.45) is 16.1. The lowest BCUT2D eigenvalue weighted by Gasteiger charge is -2.07. The zero-order valence-electron chi connectivity index (χ0n) is 15.7. The van der Waals surface area contributed by atoms with E-state index >= 15 is 0 Å². The molecule has 0 spiro atoms. The maximum atomic E-state index is 11.2. The molecule has 6 heteroatoms. The average Bonchev–Trinajstić information content (AvgIpc) is 2.49. The normalized spacial score (nSPS) is 13.3. The third kappa shape index (κ3) is 18.2. The lowest BCUT2D eigenvalue weighted by Crippen LogP contribution is -2.17. The van der Waals surface area contributed by atoms with Crippen molar-refractivity contribution >= 4 is 10.4 Å². The summed E-state index contributed by atoms with van der Waals surface area (Å²) >= 11 is 0. The second-order valence-electron chi connectivity index (χ2n) is 6.52. The maximum Gasteiger partial charge on any atom is 0.402 e. The van der Waals surface area contributed by atoms with Gasteiger partial charge in [-0.3, -0.25) is 0 Å². The first kappa shape index (κ1) is 23.8. The quantitative estimate of drug-likeness (QED) is 0.270. The smallest absolute Gasteiger partial charge is 0.367 e. The molecule has 0 heterocycles. The Morgan fingerprint density at radius 1 is 0.750 bits per heavy atom. The first-order valence-electron chi connectivity index (χ1n) is 9.73. The summed E-state index contributed by atoms with van der Waals surface area (Å²) in [5, 5.41) is 8.83. The van der Waals surface area contributed by atoms with Gasteiger partial charge in [0.2, 0.25) is 0 Å². The van der Waals surface area contributed by atoms with Crippen LogP contribution in [-0.2, 0) is 18.8 Å². The molecule has 0 radical (unpaired) electrons. The van der Waals surface area contributed by atoms with E-state index in [0.29, 0.717) is 6.42 Å². The van der Waals surface area contributed by atoms with Gasteiger partial charge in [0.1, 0.15) is 0 Å². The Morgan fingerprint density at radius 2 is 1.12 bits per heavy atom. The van der Waals surface area contributed by atoms with Gasteiger partial charge in [0, 0.05) is 0 Å². The molecule has 0 aliphatic rings. The van der Waals surface area contributed by atoms with Crippen LogP contribution >= 0.6 is 0 Å². The molecule has 0 aliphatic carbocycles. The Kier molecular flexibility index (Phi) is 16.2. The summed E-state index contributed by atoms with van der Waals surface area (Å²) in [5.41, 5.74) is 0. The molecular formula is C18H38O5S. The van der Waals surface area contributed by atoms with Crippen LogP contribution in [0.5, 0.6) is 0 Å². The minimum atomic E-state index is -4.05. The fourth-order valence-corrected chi connectivity index (χ4v) is 3.37. The van der Waals surface area contributed by atoms with Crippen molar-refractivity contribution in [2.45, 2.75) is 110 Å². The van der Waals surface area contributed by atoms with E-state index < -0.39 is 16.7 Å². The van der Waals surface area contributed by atoms with Gasteiger partial charge in [0.15, 0.2) is 6.29 Å². The maximum absolute atomic E-state index is 11.2. The van der Waals surface area contributed by atoms with Gasteiger partial charge in [0.25, 0.3) is 0 Å². The predicted octanol–water partition coefficient (Wildman–Crippen LogP) is 5.08. The van der Waals surface area contributed by atoms with Crippen LogP contribution in [0, 0.1) is 0 Å². The molecule has 0 saturated carbocycles. The van der Waals surface area contributed by atoms with Crippen molar-refractivity contribution in [2.75, 3.05) is 6.61 Å². The Labute approximate surface area is 149 Å². The number of rotatable bonds is 18. The summed E-state index contributed by atoms with van der Waals surface area (Å²) in [5.74, 6) is 0. The fourth-order valence-electron chi connectivity index (χ4n) is 2.66. The molecule has 0 aromatic rings. The van der Waals surface area contributed by atoms with Crippen LogP contribution in [0.1, 0.15) is 104 Å². The Bertz CT molecular complexity index is 354. The minimum Gasteiger partial charge on any atom is -0.367 e. The summed E-state index contributed by atoms with van der Waals surface area (Å²) in [4.78, 5) is 0. The van der Waals surface area contributed by atoms with Crippen molar-refractivity contribution in [1.29, 1.82) is 0 Å². The number of aliphatic hydroxyl groups excluding tert-OH is 1. The van der Waals surface area contributed by atoms with Crippen molar-refractivity contribution < 1.29 is 21.9 Å². The molecule has 0 fully saturated rings. The van der Waals surface area contributed by atoms with E-state index in [1.807, 2.05) is 0 Å². The van der Waals surface area contributed by atoms with Crippen LogP contribution < -0.4 is 0 Å². The van der Waals surface area contributed by atoms with Gasteiger partial charge in [-0.05, 0) is 13.3 Å². The highest BCUT2D eigenvalue weighted by molar-refractivity contribution is 7.81. The highest BCUT2D eigenvalue weighted by Gasteiger charge is 2.14. The zero-order valence-corrected chi connectivity index (χ0v) is 16.5. The highest BCUT2D eigenvalue weighted by Crippen LogP contribution is 2.13. The Balaban J connectivity index is 3.20. The highest BCUT2D eigenvalue weighted by atomic mass is 32.3. The van der Waals surface area contributed by atoms with E-state index in [9.17, 15) is 8.42 Å². The molecule has 1 N–H and O–H groups in total. The van der Waals surface area contributed by atoms with Crippen molar-refractivity contribution in [2.24, 2.45) is 0 Å². The fraction of sp³-hybridized carbons (Fsp3) is 1.00. The third-order valence-corrected chi connectivity index (χ3v) is 4.95. The van der Waals surface area contributed by atoms with Gasteiger partial charge in [-0.1, -0.05) is 90.4 Å². The average molecular weight is 367 g/mol. The molecule has 146 valence electrons. The number of hydrogen-bond acceptors (Lipinski definition) is 5. The molecule has 0 amide bonds. The molecule has 1 atom stereocenters. The first-order valence-corrected chi connectivity index (χ1v) is 11.1. The number of aliphatic hydroxyl groups is 1. The second-order valence-corrected chi connectivity index (χ2v) is 7.77. The molecule has 0 saturated heterocycles. The summed E-state index contributed by atoms with van der Waals surface area (Å²) < 4.78 is 31.2. The summed E-state index contributed by atoms with van der Waals surface area (Å²) in [6.45, 7) is 3.60. The van der Waals surface area contributed by atoms with E-state index in [1.54, 1.807) is 0 Å². The van der Waals surface area contributed by atoms with E-state index in [2.05, 4.69) is 15.3 Å². The number of hydrogen-bond donors (Lipinski definition) is 1. The van der Waals surface area contributed by atoms with Crippen LogP contribution in [0.4, 0.5) is 0 Å². The van der Waals surface area contributed by atoms with Gasteiger partial charge >= 0.3 is 10.4 Å². The van der Waals surface area contributed by atoms with E-state index in [0.717, 1.165) is 12.8 Å². The molecular weight excluding hydrogens is 328 g/mol. The third-order valence-electron chi connectivity index (χ3n) is 3.98. The molecule has 24 heavy (non-hydrogen) atoms. The van der Waals surface area contributed by atoms with Gasteiger partial charge in [-0.15, -0.1) is 0 Å². The first-order chi connectivity index (χ1) is 11.5. The molecule has 0 aromatic carbocycles. The number of unbranched alkanes of at least 4 members (excludes halogenated alkanes) is 13. The van der Waals surface area contributed by atoms with Gasteiger partial charge in [-0.2, -0.15) is 8.42 Å². The largest absolute Gasteiger partial charge is 0.402 e. The van der Waals surface area contributed by atoms with Crippen molar-refractivity contribution in [3.05, 3.63) is 0 Å². The molecule has 0 rings (SSSR count). The van der Waals surface area contributed by atoms with Gasteiger partial charge in [0.05, 0.1) is 6.61 Å². The standard InChI is InChI=1S/C18H38O5S/c1-3-4-5-6-7-8-9-10-11-12-13-14-15-16-17-22-24(20,21)23-18(2)19/h18-19H,3-17H2,1-2H3. The molecule has 0 bridgehead atoms. The van der Waals surface area contributed by atoms with E-state index in [1.165, 1.54) is 77.6 Å². The van der Waals surface area contributed by atoms with Crippen molar-refractivity contribution in [3.8, 4) is 0 Å². The minimum absolute atomic E-state index is 0.118. The topological polar surface area (TPSA) is 72.8 Å². The monoisotopic (exact) mass is 366 g/mol. The molecule has 5 nitrogen and oxygen atoms in total. The van der Waals surface area contributed by atoms with Crippen LogP contribution in [-0.4, -0.2) is 26.4 Å². The zero-order chi connectivity index (χ0) is 18.1. The van der Waals surface area contributed by atoms with E-state index in [4.69, 9.17) is 5.11 Å². The predicted molar refractivity (Wildman–Crippen MR) is 97.9 cm³/mol. The lowest BCUT2D eigenvalue weighted by molar-refractivity contribution is -0.00764. The van der Waals surface area contributed by atoms with Crippen LogP contribution in [0.2, 0.25) is 0 Å². The van der Waals surface area contributed by atoms with Crippen molar-refractivity contribution in [3.63, 3.8) is 0 Å². The molecule has 0 aromatic heterocycles. The molecule has 0 aliphatic heterocycles. The van der Waals surface area contributed by atoms with Gasteiger partial charge in [-0.25, -0.2) is 8.37 Å². The van der Waals surface area contributed by atoms with Crippen LogP contribution in [0.15, 0.2) is 0 Å². The lowest BCUT2D eigenvalue weighted by atomic mass is 10.0.